The van der Waals surface area contributed by atoms with Gasteiger partial charge in [-0.05, 0) is 19.9 Å². The molecular formula is C6H15NO2. The first-order chi connectivity index (χ1) is 4.31. The highest BCUT2D eigenvalue weighted by atomic mass is 16.6. The van der Waals surface area contributed by atoms with Gasteiger partial charge in [0, 0.05) is 6.61 Å². The minimum absolute atomic E-state index is 0.540. The van der Waals surface area contributed by atoms with Gasteiger partial charge in [-0.1, -0.05) is 6.92 Å². The number of aliphatic hydroxyl groups excluding tert-OH is 1. The second-order valence-corrected chi connectivity index (χ2v) is 1.76. The fourth-order valence-corrected chi connectivity index (χ4v) is 0.485. The Hall–Kier alpha value is -0.120. The van der Waals surface area contributed by atoms with Crippen molar-refractivity contribution in [2.75, 3.05) is 13.2 Å². The van der Waals surface area contributed by atoms with Crippen molar-refractivity contribution in [2.45, 2.75) is 26.7 Å². The Morgan fingerprint density at radius 3 is 2.67 bits per heavy atom. The molecule has 3 nitrogen and oxygen atoms in total. The molecule has 0 aromatic carbocycles. The van der Waals surface area contributed by atoms with Crippen molar-refractivity contribution in [3.8, 4) is 0 Å². The molecule has 9 heavy (non-hydrogen) atoms. The summed E-state index contributed by atoms with van der Waals surface area (Å²) < 4.78 is 4.79. The molecule has 0 aliphatic carbocycles. The van der Waals surface area contributed by atoms with Crippen molar-refractivity contribution in [3.63, 3.8) is 0 Å². The Kier molecular flexibility index (Phi) is 5.93. The van der Waals surface area contributed by atoms with Crippen LogP contribution in [0.2, 0.25) is 0 Å². The third-order valence-corrected chi connectivity index (χ3v) is 0.893. The zero-order valence-electron chi connectivity index (χ0n) is 6.05. The molecule has 0 saturated heterocycles. The van der Waals surface area contributed by atoms with E-state index in [-0.39, 0.29) is 0 Å². The lowest BCUT2D eigenvalue weighted by atomic mass is 10.5. The maximum Gasteiger partial charge on any atom is 0.213 e. The topological polar surface area (TPSA) is 41.5 Å². The zero-order chi connectivity index (χ0) is 7.11. The van der Waals surface area contributed by atoms with E-state index in [2.05, 4.69) is 5.32 Å². The quantitative estimate of drug-likeness (QED) is 0.530. The van der Waals surface area contributed by atoms with Gasteiger partial charge >= 0.3 is 0 Å². The summed E-state index contributed by atoms with van der Waals surface area (Å²) in [6.07, 6.45) is 0.222. The van der Waals surface area contributed by atoms with Gasteiger partial charge in [-0.25, -0.2) is 0 Å². The van der Waals surface area contributed by atoms with E-state index in [9.17, 15) is 0 Å². The number of nitrogens with one attached hydrogen (secondary N) is 1. The standard InChI is InChI=1S/C6H15NO2/c1-3-5-7-6(8)9-4-2/h6-8H,3-5H2,1-2H3. The van der Waals surface area contributed by atoms with Crippen molar-refractivity contribution in [1.82, 2.24) is 5.32 Å². The molecular weight excluding hydrogens is 118 g/mol. The van der Waals surface area contributed by atoms with Crippen LogP contribution in [0.4, 0.5) is 0 Å². The molecule has 3 heteroatoms. The maximum absolute atomic E-state index is 8.85. The van der Waals surface area contributed by atoms with Crippen LogP contribution in [0.3, 0.4) is 0 Å². The number of hydrogen-bond acceptors (Lipinski definition) is 3. The molecule has 0 heterocycles. The summed E-state index contributed by atoms with van der Waals surface area (Å²) in [6.45, 7) is 5.21. The molecule has 0 rings (SSSR count). The van der Waals surface area contributed by atoms with Crippen LogP contribution in [0.15, 0.2) is 0 Å². The van der Waals surface area contributed by atoms with Crippen LogP contribution in [0.1, 0.15) is 20.3 Å². The number of hydrogen-bond donors (Lipinski definition) is 2. The van der Waals surface area contributed by atoms with Crippen molar-refractivity contribution < 1.29 is 9.84 Å². The van der Waals surface area contributed by atoms with Crippen molar-refractivity contribution in [3.05, 3.63) is 0 Å². The van der Waals surface area contributed by atoms with Gasteiger partial charge in [0.15, 0.2) is 0 Å². The normalized spacial score (nSPS) is 13.7. The predicted octanol–water partition coefficient (Wildman–Crippen LogP) is 0.298. The largest absolute Gasteiger partial charge is 0.356 e. The lowest BCUT2D eigenvalue weighted by Gasteiger charge is -2.10. The van der Waals surface area contributed by atoms with Crippen LogP contribution < -0.4 is 5.32 Å². The van der Waals surface area contributed by atoms with Crippen molar-refractivity contribution in [1.29, 1.82) is 0 Å². The highest BCUT2D eigenvalue weighted by Gasteiger charge is 1.96. The number of ether oxygens (including phenoxy) is 1. The van der Waals surface area contributed by atoms with E-state index >= 15 is 0 Å². The Labute approximate surface area is 56.0 Å². The van der Waals surface area contributed by atoms with E-state index < -0.39 is 6.41 Å². The fourth-order valence-electron chi connectivity index (χ4n) is 0.485. The Morgan fingerprint density at radius 2 is 2.22 bits per heavy atom. The second kappa shape index (κ2) is 6.01. The molecule has 0 aromatic rings. The first-order valence-electron chi connectivity index (χ1n) is 3.34. The van der Waals surface area contributed by atoms with Gasteiger partial charge in [0.05, 0.1) is 0 Å². The lowest BCUT2D eigenvalue weighted by Crippen LogP contribution is -2.31. The SMILES string of the molecule is CCCNC(O)OCC. The van der Waals surface area contributed by atoms with E-state index in [1.807, 2.05) is 13.8 Å². The summed E-state index contributed by atoms with van der Waals surface area (Å²) in [7, 11) is 0. The molecule has 0 aliphatic heterocycles. The molecule has 56 valence electrons. The average Bonchev–Trinajstić information content (AvgIpc) is 1.85. The molecule has 0 saturated carbocycles. The van der Waals surface area contributed by atoms with E-state index in [1.165, 1.54) is 0 Å². The minimum Gasteiger partial charge on any atom is -0.356 e. The molecule has 1 atom stereocenters. The molecule has 0 fully saturated rings. The van der Waals surface area contributed by atoms with Crippen LogP contribution in [0.25, 0.3) is 0 Å². The van der Waals surface area contributed by atoms with Crippen molar-refractivity contribution in [2.24, 2.45) is 0 Å². The molecule has 0 aliphatic rings. The summed E-state index contributed by atoms with van der Waals surface area (Å²) in [5.41, 5.74) is 0. The van der Waals surface area contributed by atoms with Gasteiger partial charge in [-0.3, -0.25) is 5.32 Å². The Bertz CT molecular complexity index is 59.0. The summed E-state index contributed by atoms with van der Waals surface area (Å²) in [4.78, 5) is 0. The van der Waals surface area contributed by atoms with Crippen LogP contribution in [0, 0.1) is 0 Å². The summed E-state index contributed by atoms with van der Waals surface area (Å²) in [5, 5.41) is 11.6. The number of aliphatic hydroxyl groups is 1. The maximum atomic E-state index is 8.85. The molecule has 0 radical (unpaired) electrons. The second-order valence-electron chi connectivity index (χ2n) is 1.76. The molecule has 0 amide bonds. The monoisotopic (exact) mass is 133 g/mol. The lowest BCUT2D eigenvalue weighted by molar-refractivity contribution is -0.115. The summed E-state index contributed by atoms with van der Waals surface area (Å²) in [5.74, 6) is 0. The van der Waals surface area contributed by atoms with Gasteiger partial charge in [0.2, 0.25) is 6.41 Å². The smallest absolute Gasteiger partial charge is 0.213 e. The molecule has 0 aromatic heterocycles. The molecule has 1 unspecified atom stereocenters. The van der Waals surface area contributed by atoms with Crippen molar-refractivity contribution >= 4 is 0 Å². The molecule has 0 spiro atoms. The van der Waals surface area contributed by atoms with Crippen LogP contribution >= 0.6 is 0 Å². The fraction of sp³-hybridized carbons (Fsp3) is 1.00. The highest BCUT2D eigenvalue weighted by molar-refractivity contribution is 4.38. The van der Waals surface area contributed by atoms with E-state index in [0.717, 1.165) is 13.0 Å². The minimum atomic E-state index is -0.782. The van der Waals surface area contributed by atoms with E-state index in [4.69, 9.17) is 9.84 Å². The zero-order valence-corrected chi connectivity index (χ0v) is 6.05. The average molecular weight is 133 g/mol. The third-order valence-electron chi connectivity index (χ3n) is 0.893. The molecule has 2 N–H and O–H groups in total. The van der Waals surface area contributed by atoms with Gasteiger partial charge in [-0.15, -0.1) is 0 Å². The van der Waals surface area contributed by atoms with E-state index in [1.54, 1.807) is 0 Å². The summed E-state index contributed by atoms with van der Waals surface area (Å²) in [6, 6.07) is 0. The van der Waals surface area contributed by atoms with Crippen LogP contribution in [-0.2, 0) is 4.74 Å². The van der Waals surface area contributed by atoms with Gasteiger partial charge in [0.1, 0.15) is 0 Å². The van der Waals surface area contributed by atoms with Gasteiger partial charge < -0.3 is 9.84 Å². The Balaban J connectivity index is 2.95. The first-order valence-corrected chi connectivity index (χ1v) is 3.34. The van der Waals surface area contributed by atoms with E-state index in [0.29, 0.717) is 6.61 Å². The first kappa shape index (κ1) is 8.88. The van der Waals surface area contributed by atoms with Crippen LogP contribution in [-0.4, -0.2) is 24.7 Å². The van der Waals surface area contributed by atoms with Gasteiger partial charge in [-0.2, -0.15) is 0 Å². The predicted molar refractivity (Wildman–Crippen MR) is 35.9 cm³/mol. The number of rotatable bonds is 5. The third kappa shape index (κ3) is 5.76. The summed E-state index contributed by atoms with van der Waals surface area (Å²) >= 11 is 0. The molecule has 0 bridgehead atoms. The van der Waals surface area contributed by atoms with Gasteiger partial charge in [0.25, 0.3) is 0 Å². The van der Waals surface area contributed by atoms with Crippen LogP contribution in [0.5, 0.6) is 0 Å². The Morgan fingerprint density at radius 1 is 1.56 bits per heavy atom. The highest BCUT2D eigenvalue weighted by Crippen LogP contribution is 1.80.